The molecule has 0 aliphatic rings. The zero-order chi connectivity index (χ0) is 30.3. The van der Waals surface area contributed by atoms with Crippen molar-refractivity contribution in [3.8, 4) is 0 Å². The van der Waals surface area contributed by atoms with Gasteiger partial charge in [-0.25, -0.2) is 8.42 Å². The van der Waals surface area contributed by atoms with E-state index in [2.05, 4.69) is 21.2 Å². The van der Waals surface area contributed by atoms with E-state index in [1.165, 1.54) is 42.3 Å². The van der Waals surface area contributed by atoms with E-state index in [1.807, 2.05) is 54.6 Å². The van der Waals surface area contributed by atoms with Gasteiger partial charge in [0.1, 0.15) is 12.6 Å². The second-order valence-electron chi connectivity index (χ2n) is 9.42. The van der Waals surface area contributed by atoms with Gasteiger partial charge in [-0.05, 0) is 65.7 Å². The summed E-state index contributed by atoms with van der Waals surface area (Å²) in [5.41, 5.74) is 1.81. The summed E-state index contributed by atoms with van der Waals surface area (Å²) in [5, 5.41) is 3.34. The molecule has 0 saturated heterocycles. The predicted octanol–water partition coefficient (Wildman–Crippen LogP) is 6.34. The molecule has 42 heavy (non-hydrogen) atoms. The third-order valence-corrected chi connectivity index (χ3v) is 9.30. The fourth-order valence-corrected chi connectivity index (χ4v) is 6.61. The number of amides is 2. The molecule has 4 aromatic rings. The topological polar surface area (TPSA) is 86.8 Å². The van der Waals surface area contributed by atoms with Gasteiger partial charge in [0.15, 0.2) is 0 Å². The van der Waals surface area contributed by atoms with Crippen molar-refractivity contribution in [1.82, 2.24) is 10.2 Å². The first-order valence-corrected chi connectivity index (χ1v) is 15.9. The molecule has 0 bridgehead atoms. The first-order chi connectivity index (χ1) is 20.1. The molecular weight excluding hydrogens is 661 g/mol. The number of nitrogens with zero attached hydrogens (tertiary/aromatic N) is 2. The van der Waals surface area contributed by atoms with Crippen molar-refractivity contribution in [1.29, 1.82) is 0 Å². The van der Waals surface area contributed by atoms with E-state index in [0.717, 1.165) is 19.9 Å². The Morgan fingerprint density at radius 1 is 0.833 bits per heavy atom. The van der Waals surface area contributed by atoms with Crippen molar-refractivity contribution < 1.29 is 18.0 Å². The molecule has 0 fully saturated rings. The standard InChI is InChI=1S/C31H28BrCl2N3O4S/c1-35-31(39)29(18-22-7-3-2-4-8-22)36(20-23-9-5-10-24(32)17-23)30(38)21-37(27-12-6-11-26(34)19-27)42(40,41)28-15-13-25(33)14-16-28/h2-17,19,29H,18,20-21H2,1H3,(H,35,39)/t29-/m0/s1. The highest BCUT2D eigenvalue weighted by Gasteiger charge is 2.34. The van der Waals surface area contributed by atoms with Crippen LogP contribution in [0.4, 0.5) is 5.69 Å². The van der Waals surface area contributed by atoms with Gasteiger partial charge in [-0.1, -0.05) is 87.7 Å². The number of sulfonamides is 1. The largest absolute Gasteiger partial charge is 0.357 e. The summed E-state index contributed by atoms with van der Waals surface area (Å²) in [5.74, 6) is -0.950. The molecule has 0 aliphatic carbocycles. The zero-order valence-electron chi connectivity index (χ0n) is 22.6. The highest BCUT2D eigenvalue weighted by Crippen LogP contribution is 2.28. The first-order valence-electron chi connectivity index (χ1n) is 12.9. The average molecular weight is 689 g/mol. The summed E-state index contributed by atoms with van der Waals surface area (Å²) in [6, 6.07) is 27.7. The molecular formula is C31H28BrCl2N3O4S. The van der Waals surface area contributed by atoms with Crippen molar-refractivity contribution in [3.63, 3.8) is 0 Å². The van der Waals surface area contributed by atoms with Crippen LogP contribution in [0.25, 0.3) is 0 Å². The van der Waals surface area contributed by atoms with Crippen LogP contribution in [0.15, 0.2) is 112 Å². The molecule has 4 aromatic carbocycles. The average Bonchev–Trinajstić information content (AvgIpc) is 2.98. The van der Waals surface area contributed by atoms with Crippen LogP contribution in [0.2, 0.25) is 10.0 Å². The number of likely N-dealkylation sites (N-methyl/N-ethyl adjacent to an activating group) is 1. The number of nitrogens with one attached hydrogen (secondary N) is 1. The third kappa shape index (κ3) is 7.92. The molecule has 7 nitrogen and oxygen atoms in total. The van der Waals surface area contributed by atoms with Gasteiger partial charge < -0.3 is 10.2 Å². The van der Waals surface area contributed by atoms with Crippen molar-refractivity contribution >= 4 is 66.7 Å². The Bertz CT molecular complexity index is 1650. The second kappa shape index (κ2) is 14.2. The quantitative estimate of drug-likeness (QED) is 0.199. The van der Waals surface area contributed by atoms with Gasteiger partial charge in [-0.3, -0.25) is 13.9 Å². The normalized spacial score (nSPS) is 11.9. The Kier molecular flexibility index (Phi) is 10.7. The Hall–Kier alpha value is -3.37. The molecule has 2 amide bonds. The van der Waals surface area contributed by atoms with E-state index in [0.29, 0.717) is 10.0 Å². The summed E-state index contributed by atoms with van der Waals surface area (Å²) in [4.78, 5) is 28.9. The van der Waals surface area contributed by atoms with Crippen molar-refractivity contribution in [2.75, 3.05) is 17.9 Å². The second-order valence-corrected chi connectivity index (χ2v) is 13.1. The molecule has 11 heteroatoms. The van der Waals surface area contributed by atoms with Gasteiger partial charge in [-0.15, -0.1) is 0 Å². The number of carbonyl (C=O) groups excluding carboxylic acids is 2. The summed E-state index contributed by atoms with van der Waals surface area (Å²) in [6.07, 6.45) is 0.224. The molecule has 0 aromatic heterocycles. The Labute approximate surface area is 264 Å². The first kappa shape index (κ1) is 31.6. The van der Waals surface area contributed by atoms with Gasteiger partial charge in [0, 0.05) is 34.5 Å². The maximum Gasteiger partial charge on any atom is 0.264 e. The lowest BCUT2D eigenvalue weighted by atomic mass is 10.0. The van der Waals surface area contributed by atoms with E-state index < -0.39 is 28.5 Å². The smallest absolute Gasteiger partial charge is 0.264 e. The fraction of sp³-hybridized carbons (Fsp3) is 0.161. The lowest BCUT2D eigenvalue weighted by molar-refractivity contribution is -0.139. The Morgan fingerprint density at radius 3 is 2.14 bits per heavy atom. The summed E-state index contributed by atoms with van der Waals surface area (Å²) in [6.45, 7) is -0.519. The lowest BCUT2D eigenvalue weighted by Gasteiger charge is -2.33. The molecule has 1 N–H and O–H groups in total. The summed E-state index contributed by atoms with van der Waals surface area (Å²) < 4.78 is 29.7. The third-order valence-electron chi connectivity index (χ3n) is 6.54. The van der Waals surface area contributed by atoms with Crippen LogP contribution in [-0.4, -0.2) is 44.8 Å². The van der Waals surface area contributed by atoms with Crippen LogP contribution in [0, 0.1) is 0 Å². The van der Waals surface area contributed by atoms with Crippen LogP contribution < -0.4 is 9.62 Å². The molecule has 0 saturated carbocycles. The zero-order valence-corrected chi connectivity index (χ0v) is 26.5. The number of halogens is 3. The molecule has 0 radical (unpaired) electrons. The molecule has 0 unspecified atom stereocenters. The minimum absolute atomic E-state index is 0.0506. The van der Waals surface area contributed by atoms with Gasteiger partial charge in [0.25, 0.3) is 10.0 Å². The lowest BCUT2D eigenvalue weighted by Crippen LogP contribution is -2.53. The Morgan fingerprint density at radius 2 is 1.50 bits per heavy atom. The maximum atomic E-state index is 14.3. The molecule has 4 rings (SSSR count). The number of anilines is 1. The molecule has 218 valence electrons. The van der Waals surface area contributed by atoms with E-state index in [1.54, 1.807) is 18.2 Å². The SMILES string of the molecule is CNC(=O)[C@H](Cc1ccccc1)N(Cc1cccc(Br)c1)C(=O)CN(c1cccc(Cl)c1)S(=O)(=O)c1ccc(Cl)cc1. The van der Waals surface area contributed by atoms with Crippen molar-refractivity contribution in [2.24, 2.45) is 0 Å². The van der Waals surface area contributed by atoms with Gasteiger partial charge in [0.05, 0.1) is 10.6 Å². The highest BCUT2D eigenvalue weighted by molar-refractivity contribution is 9.10. The van der Waals surface area contributed by atoms with Crippen LogP contribution >= 0.6 is 39.1 Å². The monoisotopic (exact) mass is 687 g/mol. The van der Waals surface area contributed by atoms with Crippen LogP contribution in [0.3, 0.4) is 0 Å². The van der Waals surface area contributed by atoms with E-state index in [4.69, 9.17) is 23.2 Å². The van der Waals surface area contributed by atoms with E-state index in [9.17, 15) is 18.0 Å². The van der Waals surface area contributed by atoms with E-state index >= 15 is 0 Å². The predicted molar refractivity (Wildman–Crippen MR) is 170 cm³/mol. The van der Waals surface area contributed by atoms with Crippen LogP contribution in [0.1, 0.15) is 11.1 Å². The molecule has 0 heterocycles. The van der Waals surface area contributed by atoms with Crippen LogP contribution in [-0.2, 0) is 32.6 Å². The van der Waals surface area contributed by atoms with Crippen molar-refractivity contribution in [2.45, 2.75) is 23.9 Å². The molecule has 0 spiro atoms. The number of hydrogen-bond acceptors (Lipinski definition) is 4. The number of benzene rings is 4. The molecule has 1 atom stereocenters. The van der Waals surface area contributed by atoms with Crippen molar-refractivity contribution in [3.05, 3.63) is 129 Å². The highest BCUT2D eigenvalue weighted by atomic mass is 79.9. The van der Waals surface area contributed by atoms with E-state index in [-0.39, 0.29) is 29.5 Å². The number of rotatable bonds is 11. The summed E-state index contributed by atoms with van der Waals surface area (Å²) in [7, 11) is -2.74. The van der Waals surface area contributed by atoms with Gasteiger partial charge in [0.2, 0.25) is 11.8 Å². The minimum Gasteiger partial charge on any atom is -0.357 e. The number of carbonyl (C=O) groups is 2. The minimum atomic E-state index is -4.25. The maximum absolute atomic E-state index is 14.3. The molecule has 0 aliphatic heterocycles. The van der Waals surface area contributed by atoms with Crippen LogP contribution in [0.5, 0.6) is 0 Å². The van der Waals surface area contributed by atoms with Gasteiger partial charge in [-0.2, -0.15) is 0 Å². The summed E-state index contributed by atoms with van der Waals surface area (Å²) >= 11 is 15.7. The number of hydrogen-bond donors (Lipinski definition) is 1. The van der Waals surface area contributed by atoms with Gasteiger partial charge >= 0.3 is 0 Å². The fourth-order valence-electron chi connectivity index (χ4n) is 4.45. The Balaban J connectivity index is 1.79.